The smallest absolute Gasteiger partial charge is 0.411 e. The van der Waals surface area contributed by atoms with E-state index in [9.17, 15) is 13.2 Å². The van der Waals surface area contributed by atoms with E-state index in [2.05, 4.69) is 54.4 Å². The third kappa shape index (κ3) is 4.24. The third-order valence-corrected chi connectivity index (χ3v) is 8.99. The van der Waals surface area contributed by atoms with E-state index in [1.165, 1.54) is 6.07 Å². The van der Waals surface area contributed by atoms with Crippen molar-refractivity contribution in [1.82, 2.24) is 25.2 Å². The Kier molecular flexibility index (Phi) is 5.06. The molecule has 2 rings (SSSR count). The van der Waals surface area contributed by atoms with E-state index in [0.717, 1.165) is 6.07 Å². The van der Waals surface area contributed by atoms with Gasteiger partial charge in [0.2, 0.25) is 0 Å². The van der Waals surface area contributed by atoms with E-state index in [0.29, 0.717) is 11.4 Å². The highest BCUT2D eigenvalue weighted by molar-refractivity contribution is 6.74. The van der Waals surface area contributed by atoms with Crippen LogP contribution in [0.1, 0.15) is 32.2 Å². The Hall–Kier alpha value is -1.81. The van der Waals surface area contributed by atoms with Crippen LogP contribution in [0.2, 0.25) is 18.1 Å². The zero-order valence-electron chi connectivity index (χ0n) is 15.1. The molecule has 2 heterocycles. The molecule has 6 nitrogen and oxygen atoms in total. The maximum atomic E-state index is 12.6. The monoisotopic (exact) mass is 373 g/mol. The zero-order chi connectivity index (χ0) is 19.0. The van der Waals surface area contributed by atoms with Crippen LogP contribution in [0.15, 0.2) is 12.1 Å². The average molecular weight is 373 g/mol. The number of aryl methyl sites for hydroxylation is 1. The molecule has 0 aliphatic carbocycles. The molecule has 0 aromatic carbocycles. The van der Waals surface area contributed by atoms with Crippen LogP contribution in [0.3, 0.4) is 0 Å². The van der Waals surface area contributed by atoms with Gasteiger partial charge in [0.15, 0.2) is 14.0 Å². The first-order valence-corrected chi connectivity index (χ1v) is 10.7. The molecule has 0 radical (unpaired) electrons. The molecule has 0 bridgehead atoms. The quantitative estimate of drug-likeness (QED) is 0.763. The van der Waals surface area contributed by atoms with Gasteiger partial charge in [-0.25, -0.2) is 4.68 Å². The van der Waals surface area contributed by atoms with Crippen molar-refractivity contribution >= 4 is 8.32 Å². The summed E-state index contributed by atoms with van der Waals surface area (Å²) < 4.78 is 45.6. The number of aromatic nitrogens is 5. The van der Waals surface area contributed by atoms with Crippen LogP contribution in [0.25, 0.3) is 11.4 Å². The molecule has 2 aromatic heterocycles. The van der Waals surface area contributed by atoms with Crippen LogP contribution in [-0.4, -0.2) is 33.5 Å². The van der Waals surface area contributed by atoms with Gasteiger partial charge >= 0.3 is 6.18 Å². The highest BCUT2D eigenvalue weighted by Crippen LogP contribution is 2.37. The van der Waals surface area contributed by atoms with E-state index in [-0.39, 0.29) is 17.3 Å². The first-order chi connectivity index (χ1) is 11.3. The summed E-state index contributed by atoms with van der Waals surface area (Å²) in [6.07, 6.45) is -4.53. The molecule has 0 unspecified atom stereocenters. The molecule has 0 fully saturated rings. The standard InChI is InChI=1S/C15H22F3N5OSi/c1-14(2,3)25(5,6)24-9-11-13(21-22-23(11)4)10-7-8-12(20-19-10)15(16,17)18/h7-8H,9H2,1-6H3. The highest BCUT2D eigenvalue weighted by Gasteiger charge is 2.37. The second-order valence-electron chi connectivity index (χ2n) is 7.36. The van der Waals surface area contributed by atoms with Gasteiger partial charge in [0.1, 0.15) is 11.4 Å². The van der Waals surface area contributed by atoms with Crippen LogP contribution in [0.5, 0.6) is 0 Å². The number of nitrogens with zero attached hydrogens (tertiary/aromatic N) is 5. The Balaban J connectivity index is 2.28. The van der Waals surface area contributed by atoms with Gasteiger partial charge in [0.05, 0.1) is 12.3 Å². The summed E-state index contributed by atoms with van der Waals surface area (Å²) >= 11 is 0. The Labute approximate surface area is 145 Å². The van der Waals surface area contributed by atoms with Gasteiger partial charge in [-0.15, -0.1) is 15.3 Å². The van der Waals surface area contributed by atoms with E-state index >= 15 is 0 Å². The normalized spacial score (nSPS) is 13.3. The summed E-state index contributed by atoms with van der Waals surface area (Å²) in [4.78, 5) is 0. The molecule has 0 spiro atoms. The summed E-state index contributed by atoms with van der Waals surface area (Å²) in [5, 5.41) is 14.9. The molecule has 0 aliphatic rings. The zero-order valence-corrected chi connectivity index (χ0v) is 16.1. The van der Waals surface area contributed by atoms with Gasteiger partial charge < -0.3 is 4.43 Å². The molecule has 25 heavy (non-hydrogen) atoms. The summed E-state index contributed by atoms with van der Waals surface area (Å²) in [5.74, 6) is 0. The third-order valence-electron chi connectivity index (χ3n) is 4.52. The number of alkyl halides is 3. The highest BCUT2D eigenvalue weighted by atomic mass is 28.4. The van der Waals surface area contributed by atoms with Crippen molar-refractivity contribution in [3.63, 3.8) is 0 Å². The molecule has 2 aromatic rings. The van der Waals surface area contributed by atoms with Crippen molar-refractivity contribution in [2.24, 2.45) is 7.05 Å². The van der Waals surface area contributed by atoms with Crippen molar-refractivity contribution in [3.8, 4) is 11.4 Å². The van der Waals surface area contributed by atoms with E-state index in [1.807, 2.05) is 0 Å². The fourth-order valence-corrected chi connectivity index (χ4v) is 2.74. The topological polar surface area (TPSA) is 65.7 Å². The first-order valence-electron chi connectivity index (χ1n) is 7.77. The van der Waals surface area contributed by atoms with Gasteiger partial charge in [-0.2, -0.15) is 13.2 Å². The SMILES string of the molecule is Cn1nnc(-c2ccc(C(F)(F)F)nn2)c1CO[Si](C)(C)C(C)(C)C. The predicted molar refractivity (Wildman–Crippen MR) is 89.0 cm³/mol. The molecule has 0 saturated carbocycles. The van der Waals surface area contributed by atoms with Gasteiger partial charge in [-0.1, -0.05) is 26.0 Å². The lowest BCUT2D eigenvalue weighted by Crippen LogP contribution is -2.40. The first kappa shape index (κ1) is 19.5. The Morgan fingerprint density at radius 3 is 2.20 bits per heavy atom. The summed E-state index contributed by atoms with van der Waals surface area (Å²) in [6, 6.07) is 2.13. The molecule has 138 valence electrons. The molecular weight excluding hydrogens is 351 g/mol. The second-order valence-corrected chi connectivity index (χ2v) is 12.2. The van der Waals surface area contributed by atoms with Crippen molar-refractivity contribution in [1.29, 1.82) is 0 Å². The van der Waals surface area contributed by atoms with E-state index in [4.69, 9.17) is 4.43 Å². The summed E-state index contributed by atoms with van der Waals surface area (Å²) in [5.41, 5.74) is 0.218. The van der Waals surface area contributed by atoms with Crippen LogP contribution in [-0.2, 0) is 24.3 Å². The van der Waals surface area contributed by atoms with Crippen molar-refractivity contribution < 1.29 is 17.6 Å². The maximum Gasteiger partial charge on any atom is 0.435 e. The van der Waals surface area contributed by atoms with Gasteiger partial charge in [0.25, 0.3) is 0 Å². The van der Waals surface area contributed by atoms with Crippen LogP contribution in [0, 0.1) is 0 Å². The largest absolute Gasteiger partial charge is 0.435 e. The van der Waals surface area contributed by atoms with Crippen molar-refractivity contribution in [2.45, 2.75) is 51.7 Å². The molecule has 10 heteroatoms. The maximum absolute atomic E-state index is 12.6. The molecule has 0 amide bonds. The summed E-state index contributed by atoms with van der Waals surface area (Å²) in [7, 11) is -0.289. The number of rotatable bonds is 4. The van der Waals surface area contributed by atoms with Crippen LogP contribution < -0.4 is 0 Å². The van der Waals surface area contributed by atoms with Crippen LogP contribution >= 0.6 is 0 Å². The molecular formula is C15H22F3N5OSi. The number of hydrogen-bond donors (Lipinski definition) is 0. The Morgan fingerprint density at radius 2 is 1.72 bits per heavy atom. The van der Waals surface area contributed by atoms with Gasteiger partial charge in [0, 0.05) is 7.05 Å². The van der Waals surface area contributed by atoms with Gasteiger partial charge in [-0.3, -0.25) is 0 Å². The fraction of sp³-hybridized carbons (Fsp3) is 0.600. The average Bonchev–Trinajstić information content (AvgIpc) is 2.84. The predicted octanol–water partition coefficient (Wildman–Crippen LogP) is 3.81. The Morgan fingerprint density at radius 1 is 1.08 bits per heavy atom. The van der Waals surface area contributed by atoms with E-state index < -0.39 is 20.2 Å². The number of halogens is 3. The lowest BCUT2D eigenvalue weighted by atomic mass is 10.2. The minimum absolute atomic E-state index is 0.0351. The molecule has 0 N–H and O–H groups in total. The minimum atomic E-state index is -4.53. The second kappa shape index (κ2) is 6.49. The number of hydrogen-bond acceptors (Lipinski definition) is 5. The molecule has 0 atom stereocenters. The molecule has 0 aliphatic heterocycles. The van der Waals surface area contributed by atoms with Gasteiger partial charge in [-0.05, 0) is 30.3 Å². The fourth-order valence-electron chi connectivity index (χ4n) is 1.81. The van der Waals surface area contributed by atoms with Crippen LogP contribution in [0.4, 0.5) is 13.2 Å². The summed E-state index contributed by atoms with van der Waals surface area (Å²) in [6.45, 7) is 10.9. The lowest BCUT2D eigenvalue weighted by Gasteiger charge is -2.36. The lowest BCUT2D eigenvalue weighted by molar-refractivity contribution is -0.141. The van der Waals surface area contributed by atoms with E-state index in [1.54, 1.807) is 11.7 Å². The Bertz CT molecular complexity index is 735. The van der Waals surface area contributed by atoms with Crippen molar-refractivity contribution in [2.75, 3.05) is 0 Å². The minimum Gasteiger partial charge on any atom is -0.411 e. The molecule has 0 saturated heterocycles. The van der Waals surface area contributed by atoms with Crippen molar-refractivity contribution in [3.05, 3.63) is 23.5 Å².